The summed E-state index contributed by atoms with van der Waals surface area (Å²) in [5.41, 5.74) is 0.133. The Morgan fingerprint density at radius 2 is 2.00 bits per heavy atom. The van der Waals surface area contributed by atoms with E-state index in [0.717, 1.165) is 12.1 Å². The van der Waals surface area contributed by atoms with Crippen LogP contribution in [0.3, 0.4) is 0 Å². The van der Waals surface area contributed by atoms with Crippen LogP contribution in [-0.4, -0.2) is 52.5 Å². The Kier molecular flexibility index (Phi) is 6.20. The van der Waals surface area contributed by atoms with E-state index in [-0.39, 0.29) is 13.1 Å². The number of halogens is 2. The second-order valence-electron chi connectivity index (χ2n) is 6.33. The van der Waals surface area contributed by atoms with Crippen LogP contribution in [0.4, 0.5) is 19.3 Å². The van der Waals surface area contributed by atoms with Crippen molar-refractivity contribution < 1.29 is 36.3 Å². The van der Waals surface area contributed by atoms with Crippen LogP contribution >= 0.6 is 0 Å². The molecule has 0 unspecified atom stereocenters. The number of ether oxygens (including phenoxy) is 2. The van der Waals surface area contributed by atoms with Crippen molar-refractivity contribution in [3.63, 3.8) is 0 Å². The van der Waals surface area contributed by atoms with Gasteiger partial charge in [0, 0.05) is 6.07 Å². The third-order valence-corrected chi connectivity index (χ3v) is 5.84. The Bertz CT molecular complexity index is 1060. The van der Waals surface area contributed by atoms with E-state index in [9.17, 15) is 26.8 Å². The van der Waals surface area contributed by atoms with Gasteiger partial charge in [0.2, 0.25) is 9.84 Å². The van der Waals surface area contributed by atoms with E-state index in [4.69, 9.17) is 9.47 Å². The number of amides is 2. The number of cyclic esters (lactones) is 1. The van der Waals surface area contributed by atoms with Crippen LogP contribution in [0.2, 0.25) is 0 Å². The monoisotopic (exact) mass is 440 g/mol. The van der Waals surface area contributed by atoms with E-state index in [2.05, 4.69) is 5.32 Å². The summed E-state index contributed by atoms with van der Waals surface area (Å²) in [4.78, 5) is 25.2. The van der Waals surface area contributed by atoms with E-state index < -0.39 is 44.2 Å². The zero-order valence-electron chi connectivity index (χ0n) is 15.7. The Hall–Kier alpha value is -3.21. The highest BCUT2D eigenvalue weighted by atomic mass is 32.2. The first-order valence-electron chi connectivity index (χ1n) is 8.75. The lowest BCUT2D eigenvalue weighted by Crippen LogP contribution is -2.35. The maximum atomic E-state index is 12.9. The Morgan fingerprint density at radius 1 is 1.27 bits per heavy atom. The predicted molar refractivity (Wildman–Crippen MR) is 103 cm³/mol. The van der Waals surface area contributed by atoms with Crippen LogP contribution in [0.15, 0.2) is 53.4 Å². The van der Waals surface area contributed by atoms with Crippen molar-refractivity contribution in [3.8, 4) is 5.75 Å². The number of anilines is 1. The number of carbonyl (C=O) groups is 2. The molecule has 1 fully saturated rings. The summed E-state index contributed by atoms with van der Waals surface area (Å²) in [7, 11) is -3.46. The maximum Gasteiger partial charge on any atom is 0.414 e. The van der Waals surface area contributed by atoms with Crippen molar-refractivity contribution in [1.82, 2.24) is 5.32 Å². The van der Waals surface area contributed by atoms with Crippen molar-refractivity contribution in [2.75, 3.05) is 25.1 Å². The molecule has 11 heteroatoms. The van der Waals surface area contributed by atoms with Crippen LogP contribution in [0.25, 0.3) is 0 Å². The van der Waals surface area contributed by atoms with Gasteiger partial charge in [-0.25, -0.2) is 13.2 Å². The van der Waals surface area contributed by atoms with Crippen molar-refractivity contribution in [2.24, 2.45) is 0 Å². The van der Waals surface area contributed by atoms with Gasteiger partial charge in [0.05, 0.1) is 36.3 Å². The van der Waals surface area contributed by atoms with Crippen molar-refractivity contribution in [3.05, 3.63) is 54.1 Å². The molecule has 30 heavy (non-hydrogen) atoms. The summed E-state index contributed by atoms with van der Waals surface area (Å²) in [6.07, 6.45) is -1.34. The van der Waals surface area contributed by atoms with Crippen molar-refractivity contribution in [1.29, 1.82) is 0 Å². The zero-order valence-corrected chi connectivity index (χ0v) is 16.6. The molecular weight excluding hydrogens is 422 g/mol. The molecule has 2 aromatic carbocycles. The van der Waals surface area contributed by atoms with Crippen LogP contribution in [0, 0.1) is 0 Å². The summed E-state index contributed by atoms with van der Waals surface area (Å²) in [5, 5.41) is 2.43. The molecule has 160 valence electrons. The van der Waals surface area contributed by atoms with Crippen LogP contribution in [-0.2, 0) is 14.6 Å². The van der Waals surface area contributed by atoms with Crippen molar-refractivity contribution in [2.45, 2.75) is 16.8 Å². The minimum atomic E-state index is -4.95. The second kappa shape index (κ2) is 8.66. The van der Waals surface area contributed by atoms with Gasteiger partial charge in [0.15, 0.2) is 0 Å². The third-order valence-electron chi connectivity index (χ3n) is 4.40. The molecule has 2 aromatic rings. The number of sulfone groups is 1. The highest BCUT2D eigenvalue weighted by Gasteiger charge is 2.34. The molecule has 1 atom stereocenters. The number of benzene rings is 2. The molecule has 2 amide bonds. The molecule has 3 rings (SSSR count). The molecule has 1 saturated heterocycles. The number of alkyl halides is 2. The first-order valence-corrected chi connectivity index (χ1v) is 10.3. The normalized spacial score (nSPS) is 16.5. The van der Waals surface area contributed by atoms with E-state index in [0.29, 0.717) is 11.4 Å². The topological polar surface area (TPSA) is 102 Å². The van der Waals surface area contributed by atoms with E-state index >= 15 is 0 Å². The number of hydrogen-bond donors (Lipinski definition) is 1. The zero-order chi connectivity index (χ0) is 21.9. The fourth-order valence-electron chi connectivity index (χ4n) is 2.92. The molecule has 1 heterocycles. The number of methoxy groups -OCH3 is 1. The summed E-state index contributed by atoms with van der Waals surface area (Å²) < 4.78 is 59.7. The second-order valence-corrected chi connectivity index (χ2v) is 8.22. The number of nitrogens with one attached hydrogen (secondary N) is 1. The molecule has 1 aliphatic heterocycles. The van der Waals surface area contributed by atoms with Gasteiger partial charge in [0.1, 0.15) is 11.9 Å². The fraction of sp³-hybridized carbons (Fsp3) is 0.263. The number of carbonyl (C=O) groups excluding carboxylic acids is 2. The van der Waals surface area contributed by atoms with E-state index in [1.807, 2.05) is 0 Å². The highest BCUT2D eigenvalue weighted by molar-refractivity contribution is 7.91. The maximum absolute atomic E-state index is 12.9. The molecule has 0 bridgehead atoms. The van der Waals surface area contributed by atoms with Gasteiger partial charge in [-0.05, 0) is 24.3 Å². The Labute approximate surface area is 171 Å². The Morgan fingerprint density at radius 3 is 2.70 bits per heavy atom. The number of rotatable bonds is 7. The summed E-state index contributed by atoms with van der Waals surface area (Å²) in [5.74, 6) is -3.97. The number of nitrogens with zero attached hydrogens (tertiary/aromatic N) is 1. The van der Waals surface area contributed by atoms with Gasteiger partial charge in [0.25, 0.3) is 5.91 Å². The lowest BCUT2D eigenvalue weighted by Gasteiger charge is -2.14. The first kappa shape index (κ1) is 21.5. The summed E-state index contributed by atoms with van der Waals surface area (Å²) in [6, 6.07) is 11.4. The van der Waals surface area contributed by atoms with Crippen molar-refractivity contribution >= 4 is 27.5 Å². The molecular formula is C19H18F2N2O6S. The first-order chi connectivity index (χ1) is 14.2. The molecule has 0 spiro atoms. The predicted octanol–water partition coefficient (Wildman–Crippen LogP) is 2.45. The van der Waals surface area contributed by atoms with Gasteiger partial charge >= 0.3 is 11.9 Å². The quantitative estimate of drug-likeness (QED) is 0.710. The fourth-order valence-corrected chi connectivity index (χ4v) is 3.84. The Balaban J connectivity index is 1.69. The summed E-state index contributed by atoms with van der Waals surface area (Å²) in [6.45, 7) is -0.00262. The minimum Gasteiger partial charge on any atom is -0.497 e. The van der Waals surface area contributed by atoms with Gasteiger partial charge in [-0.2, -0.15) is 8.78 Å². The molecule has 1 N–H and O–H groups in total. The standard InChI is InChI=1S/C19H18F2N2O6S/c1-28-13-6-4-5-12(9-13)23-11-14(29-19(23)25)10-22-17(24)15-7-2-3-8-16(15)30(26,27)18(20)21/h2-9,14,18H,10-11H2,1H3,(H,22,24)/t14-/m1/s1. The highest BCUT2D eigenvalue weighted by Crippen LogP contribution is 2.26. The average molecular weight is 440 g/mol. The van der Waals surface area contributed by atoms with Gasteiger partial charge in [-0.15, -0.1) is 0 Å². The molecule has 0 radical (unpaired) electrons. The van der Waals surface area contributed by atoms with E-state index in [1.165, 1.54) is 24.1 Å². The summed E-state index contributed by atoms with van der Waals surface area (Å²) >= 11 is 0. The lowest BCUT2D eigenvalue weighted by atomic mass is 10.2. The minimum absolute atomic E-state index is 0.128. The number of hydrogen-bond acceptors (Lipinski definition) is 6. The third kappa shape index (κ3) is 4.35. The van der Waals surface area contributed by atoms with Gasteiger partial charge in [-0.3, -0.25) is 9.69 Å². The molecule has 1 aliphatic rings. The molecule has 0 aromatic heterocycles. The van der Waals surface area contributed by atoms with Gasteiger partial charge < -0.3 is 14.8 Å². The SMILES string of the molecule is COc1cccc(N2C[C@@H](CNC(=O)c3ccccc3S(=O)(=O)C(F)F)OC2=O)c1. The van der Waals surface area contributed by atoms with Crippen LogP contribution in [0.5, 0.6) is 5.75 Å². The largest absolute Gasteiger partial charge is 0.497 e. The molecule has 0 aliphatic carbocycles. The lowest BCUT2D eigenvalue weighted by molar-refractivity contribution is 0.0913. The van der Waals surface area contributed by atoms with Crippen LogP contribution in [0.1, 0.15) is 10.4 Å². The molecule has 8 nitrogen and oxygen atoms in total. The van der Waals surface area contributed by atoms with E-state index in [1.54, 1.807) is 24.3 Å². The molecule has 0 saturated carbocycles. The average Bonchev–Trinajstić information content (AvgIpc) is 3.12. The smallest absolute Gasteiger partial charge is 0.414 e. The van der Waals surface area contributed by atoms with Gasteiger partial charge in [-0.1, -0.05) is 18.2 Å². The van der Waals surface area contributed by atoms with Crippen LogP contribution < -0.4 is 15.0 Å².